The Kier molecular flexibility index (Phi) is 5.54. The molecule has 4 heteroatoms. The lowest BCUT2D eigenvalue weighted by Crippen LogP contribution is -2.28. The molecule has 4 nitrogen and oxygen atoms in total. The number of amides is 1. The fourth-order valence-electron chi connectivity index (χ4n) is 2.64. The summed E-state index contributed by atoms with van der Waals surface area (Å²) in [4.78, 5) is 12.9. The first kappa shape index (κ1) is 17.5. The number of anilines is 1. The monoisotopic (exact) mass is 347 g/mol. The minimum atomic E-state index is -0.984. The molecule has 0 saturated carbocycles. The van der Waals surface area contributed by atoms with Gasteiger partial charge in [-0.15, -0.1) is 0 Å². The van der Waals surface area contributed by atoms with E-state index in [2.05, 4.69) is 19.1 Å². The lowest BCUT2D eigenvalue weighted by atomic mass is 10.1. The van der Waals surface area contributed by atoms with Crippen molar-refractivity contribution in [1.82, 2.24) is 0 Å². The van der Waals surface area contributed by atoms with Crippen LogP contribution in [0, 0.1) is 6.92 Å². The molecule has 0 bridgehead atoms. The quantitative estimate of drug-likeness (QED) is 0.662. The molecule has 0 spiro atoms. The summed E-state index contributed by atoms with van der Waals surface area (Å²) in [7, 11) is 0. The van der Waals surface area contributed by atoms with Crippen molar-refractivity contribution in [3.05, 3.63) is 95.6 Å². The van der Waals surface area contributed by atoms with Crippen molar-refractivity contribution in [2.45, 2.75) is 20.1 Å². The lowest BCUT2D eigenvalue weighted by molar-refractivity contribution is 0.201. The van der Waals surface area contributed by atoms with Crippen LogP contribution in [0.2, 0.25) is 0 Å². The highest BCUT2D eigenvalue weighted by Gasteiger charge is 2.14. The predicted molar refractivity (Wildman–Crippen MR) is 103 cm³/mol. The second-order valence-electron chi connectivity index (χ2n) is 6.13. The average molecular weight is 347 g/mol. The second-order valence-corrected chi connectivity index (χ2v) is 6.13. The third-order valence-corrected chi connectivity index (χ3v) is 4.06. The van der Waals surface area contributed by atoms with Crippen LogP contribution < -0.4 is 9.64 Å². The molecule has 132 valence electrons. The largest absolute Gasteiger partial charge is 0.489 e. The molecule has 0 aromatic heterocycles. The summed E-state index contributed by atoms with van der Waals surface area (Å²) in [5.74, 6) is 0.724. The van der Waals surface area contributed by atoms with E-state index >= 15 is 0 Å². The standard InChI is InChI=1S/C22H21NO3/c1-17-10-12-18(13-11-17)16-26-21-9-5-6-19(14-21)15-23(22(24)25)20-7-3-2-4-8-20/h2-14H,15-16H2,1H3,(H,24,25). The highest BCUT2D eigenvalue weighted by Crippen LogP contribution is 2.20. The Balaban J connectivity index is 1.70. The van der Waals surface area contributed by atoms with Crippen LogP contribution in [0.1, 0.15) is 16.7 Å². The lowest BCUT2D eigenvalue weighted by Gasteiger charge is -2.19. The number of hydrogen-bond acceptors (Lipinski definition) is 2. The van der Waals surface area contributed by atoms with Gasteiger partial charge in [-0.2, -0.15) is 0 Å². The van der Waals surface area contributed by atoms with Crippen molar-refractivity contribution in [2.75, 3.05) is 4.90 Å². The fourth-order valence-corrected chi connectivity index (χ4v) is 2.64. The van der Waals surface area contributed by atoms with Gasteiger partial charge in [0.2, 0.25) is 0 Å². The van der Waals surface area contributed by atoms with Crippen molar-refractivity contribution < 1.29 is 14.6 Å². The molecular formula is C22H21NO3. The molecule has 1 N–H and O–H groups in total. The number of carbonyl (C=O) groups is 1. The molecule has 0 unspecified atom stereocenters. The number of aryl methyl sites for hydroxylation is 1. The summed E-state index contributed by atoms with van der Waals surface area (Å²) in [5, 5.41) is 9.53. The minimum Gasteiger partial charge on any atom is -0.489 e. The number of para-hydroxylation sites is 1. The predicted octanol–water partition coefficient (Wildman–Crippen LogP) is 5.26. The summed E-state index contributed by atoms with van der Waals surface area (Å²) in [6, 6.07) is 24.8. The molecule has 0 aliphatic carbocycles. The topological polar surface area (TPSA) is 49.8 Å². The molecule has 0 heterocycles. The number of nitrogens with zero attached hydrogens (tertiary/aromatic N) is 1. The fraction of sp³-hybridized carbons (Fsp3) is 0.136. The van der Waals surface area contributed by atoms with Crippen LogP contribution in [0.5, 0.6) is 5.75 Å². The van der Waals surface area contributed by atoms with Crippen LogP contribution >= 0.6 is 0 Å². The number of carboxylic acid groups (broad SMARTS) is 1. The Morgan fingerprint density at radius 1 is 0.923 bits per heavy atom. The first-order chi connectivity index (χ1) is 12.6. The molecule has 0 aliphatic rings. The SMILES string of the molecule is Cc1ccc(COc2cccc(CN(C(=O)O)c3ccccc3)c2)cc1. The van der Waals surface area contributed by atoms with E-state index in [1.807, 2.05) is 54.6 Å². The van der Waals surface area contributed by atoms with Gasteiger partial charge in [-0.05, 0) is 42.3 Å². The average Bonchev–Trinajstić information content (AvgIpc) is 2.66. The van der Waals surface area contributed by atoms with E-state index in [-0.39, 0.29) is 6.54 Å². The third-order valence-electron chi connectivity index (χ3n) is 4.06. The molecule has 0 radical (unpaired) electrons. The van der Waals surface area contributed by atoms with Crippen LogP contribution in [0.3, 0.4) is 0 Å². The molecule has 1 amide bonds. The maximum Gasteiger partial charge on any atom is 0.412 e. The van der Waals surface area contributed by atoms with Gasteiger partial charge in [-0.3, -0.25) is 4.90 Å². The summed E-state index contributed by atoms with van der Waals surface area (Å²) >= 11 is 0. The van der Waals surface area contributed by atoms with Crippen LogP contribution in [0.15, 0.2) is 78.9 Å². The Morgan fingerprint density at radius 3 is 2.35 bits per heavy atom. The van der Waals surface area contributed by atoms with Gasteiger partial charge in [0.15, 0.2) is 0 Å². The zero-order valence-corrected chi connectivity index (χ0v) is 14.6. The normalized spacial score (nSPS) is 10.3. The summed E-state index contributed by atoms with van der Waals surface area (Å²) < 4.78 is 5.85. The van der Waals surface area contributed by atoms with Gasteiger partial charge in [-0.1, -0.05) is 60.2 Å². The Labute approximate surface area is 153 Å². The summed E-state index contributed by atoms with van der Waals surface area (Å²) in [5.41, 5.74) is 3.83. The van der Waals surface area contributed by atoms with Crippen molar-refractivity contribution in [3.63, 3.8) is 0 Å². The number of hydrogen-bond donors (Lipinski definition) is 1. The number of benzene rings is 3. The van der Waals surface area contributed by atoms with Gasteiger partial charge in [0.05, 0.1) is 6.54 Å². The summed E-state index contributed by atoms with van der Waals surface area (Å²) in [6.07, 6.45) is -0.984. The van der Waals surface area contributed by atoms with E-state index < -0.39 is 6.09 Å². The van der Waals surface area contributed by atoms with Crippen LogP contribution in [0.4, 0.5) is 10.5 Å². The third kappa shape index (κ3) is 4.63. The zero-order valence-electron chi connectivity index (χ0n) is 14.6. The number of ether oxygens (including phenoxy) is 1. The molecule has 3 rings (SSSR count). The zero-order chi connectivity index (χ0) is 18.4. The van der Waals surface area contributed by atoms with Crippen LogP contribution in [0.25, 0.3) is 0 Å². The van der Waals surface area contributed by atoms with E-state index in [4.69, 9.17) is 4.74 Å². The maximum absolute atomic E-state index is 11.6. The Morgan fingerprint density at radius 2 is 1.65 bits per heavy atom. The highest BCUT2D eigenvalue weighted by atomic mass is 16.5. The molecule has 0 atom stereocenters. The number of rotatable bonds is 6. The van der Waals surface area contributed by atoms with Gasteiger partial charge < -0.3 is 9.84 Å². The molecule has 26 heavy (non-hydrogen) atoms. The van der Waals surface area contributed by atoms with Crippen LogP contribution in [-0.4, -0.2) is 11.2 Å². The maximum atomic E-state index is 11.6. The van der Waals surface area contributed by atoms with Crippen molar-refractivity contribution in [1.29, 1.82) is 0 Å². The van der Waals surface area contributed by atoms with Crippen molar-refractivity contribution in [2.24, 2.45) is 0 Å². The molecule has 3 aromatic rings. The molecule has 0 fully saturated rings. The van der Waals surface area contributed by atoms with Gasteiger partial charge in [0.25, 0.3) is 0 Å². The Bertz CT molecular complexity index is 860. The van der Waals surface area contributed by atoms with Gasteiger partial charge in [0.1, 0.15) is 12.4 Å². The molecule has 3 aromatic carbocycles. The minimum absolute atomic E-state index is 0.265. The first-order valence-electron chi connectivity index (χ1n) is 8.44. The summed E-state index contributed by atoms with van der Waals surface area (Å²) in [6.45, 7) is 2.79. The first-order valence-corrected chi connectivity index (χ1v) is 8.44. The van der Waals surface area contributed by atoms with E-state index in [0.717, 1.165) is 16.9 Å². The van der Waals surface area contributed by atoms with Gasteiger partial charge in [-0.25, -0.2) is 4.79 Å². The highest BCUT2D eigenvalue weighted by molar-refractivity contribution is 5.85. The van der Waals surface area contributed by atoms with E-state index in [0.29, 0.717) is 12.3 Å². The second kappa shape index (κ2) is 8.21. The van der Waals surface area contributed by atoms with Crippen molar-refractivity contribution >= 4 is 11.8 Å². The smallest absolute Gasteiger partial charge is 0.412 e. The molecule has 0 aliphatic heterocycles. The van der Waals surface area contributed by atoms with E-state index in [1.165, 1.54) is 10.5 Å². The van der Waals surface area contributed by atoms with E-state index in [1.54, 1.807) is 12.1 Å². The van der Waals surface area contributed by atoms with Gasteiger partial charge in [0, 0.05) is 5.69 Å². The van der Waals surface area contributed by atoms with Gasteiger partial charge >= 0.3 is 6.09 Å². The Hall–Kier alpha value is -3.27. The molecular weight excluding hydrogens is 326 g/mol. The molecule has 0 saturated heterocycles. The van der Waals surface area contributed by atoms with E-state index in [9.17, 15) is 9.90 Å². The van der Waals surface area contributed by atoms with Crippen LogP contribution in [-0.2, 0) is 13.2 Å². The van der Waals surface area contributed by atoms with Crippen molar-refractivity contribution in [3.8, 4) is 5.75 Å².